The van der Waals surface area contributed by atoms with Crippen molar-refractivity contribution in [2.75, 3.05) is 0 Å². The van der Waals surface area contributed by atoms with Crippen LogP contribution in [0.15, 0.2) is 29.4 Å². The fourth-order valence-corrected chi connectivity index (χ4v) is 1.11. The van der Waals surface area contributed by atoms with Crippen LogP contribution in [0.4, 0.5) is 11.4 Å². The van der Waals surface area contributed by atoms with Crippen molar-refractivity contribution in [1.82, 2.24) is 0 Å². The van der Waals surface area contributed by atoms with Gasteiger partial charge in [0.05, 0.1) is 4.92 Å². The molecule has 0 aliphatic rings. The van der Waals surface area contributed by atoms with E-state index in [-0.39, 0.29) is 11.4 Å². The Labute approximate surface area is 92.9 Å². The molecule has 0 saturated heterocycles. The van der Waals surface area contributed by atoms with Crippen molar-refractivity contribution in [3.05, 3.63) is 39.6 Å². The molecule has 6 heteroatoms. The first kappa shape index (κ1) is 12.1. The fraction of sp³-hybridized carbons (Fsp3) is 0.400. The summed E-state index contributed by atoms with van der Waals surface area (Å²) in [5.41, 5.74) is -0.876. The molecule has 1 aromatic carbocycles. The molecular weight excluding hydrogens is 210 g/mol. The van der Waals surface area contributed by atoms with E-state index in [1.807, 2.05) is 0 Å². The van der Waals surface area contributed by atoms with Crippen LogP contribution in [0, 0.1) is 15.3 Å². The number of rotatable bonds is 2. The Bertz CT molecular complexity index is 435. The lowest BCUT2D eigenvalue weighted by atomic mass is 10.1. The van der Waals surface area contributed by atoms with Crippen LogP contribution in [-0.2, 0) is 0 Å². The predicted molar refractivity (Wildman–Crippen MR) is 58.6 cm³/mol. The number of benzene rings is 1. The maximum atomic E-state index is 11.6. The third-order valence-electron chi connectivity index (χ3n) is 1.68. The SMILES string of the molecule is CC(C)(C)N=[N+]([O-])c1ccccc1[N+](=O)[O-]. The standard InChI is InChI=1S/C10H13N3O3/c1-10(2,3)11-12(14)8-6-4-5-7-9(8)13(15)16/h4-7H,1-3H3. The van der Waals surface area contributed by atoms with E-state index in [4.69, 9.17) is 0 Å². The molecule has 0 fully saturated rings. The maximum Gasteiger partial charge on any atom is 0.343 e. The highest BCUT2D eigenvalue weighted by Gasteiger charge is 2.23. The first-order valence-corrected chi connectivity index (χ1v) is 4.75. The van der Waals surface area contributed by atoms with Crippen LogP contribution < -0.4 is 0 Å². The van der Waals surface area contributed by atoms with Gasteiger partial charge in [0.2, 0.25) is 0 Å². The van der Waals surface area contributed by atoms with Gasteiger partial charge in [-0.3, -0.25) is 10.1 Å². The van der Waals surface area contributed by atoms with Gasteiger partial charge < -0.3 is 5.21 Å². The van der Waals surface area contributed by atoms with E-state index >= 15 is 0 Å². The highest BCUT2D eigenvalue weighted by Crippen LogP contribution is 2.26. The van der Waals surface area contributed by atoms with E-state index < -0.39 is 10.5 Å². The summed E-state index contributed by atoms with van der Waals surface area (Å²) in [5.74, 6) is 0. The minimum Gasteiger partial charge on any atom is -0.594 e. The molecule has 0 unspecified atom stereocenters. The van der Waals surface area contributed by atoms with Crippen LogP contribution in [-0.4, -0.2) is 15.3 Å². The normalized spacial score (nSPS) is 12.6. The zero-order valence-corrected chi connectivity index (χ0v) is 9.38. The monoisotopic (exact) mass is 223 g/mol. The third-order valence-corrected chi connectivity index (χ3v) is 1.68. The minimum atomic E-state index is -0.599. The minimum absolute atomic E-state index is 0.0533. The summed E-state index contributed by atoms with van der Waals surface area (Å²) in [7, 11) is 0. The van der Waals surface area contributed by atoms with Crippen molar-refractivity contribution in [2.45, 2.75) is 26.3 Å². The summed E-state index contributed by atoms with van der Waals surface area (Å²) < 4.78 is 0. The van der Waals surface area contributed by atoms with Gasteiger partial charge in [-0.2, -0.15) is 0 Å². The molecule has 0 atom stereocenters. The lowest BCUT2D eigenvalue weighted by Crippen LogP contribution is -2.13. The molecule has 6 nitrogen and oxygen atoms in total. The zero-order chi connectivity index (χ0) is 12.3. The zero-order valence-electron chi connectivity index (χ0n) is 9.38. The number of hydrogen-bond donors (Lipinski definition) is 0. The quantitative estimate of drug-likeness (QED) is 0.334. The van der Waals surface area contributed by atoms with Crippen LogP contribution in [0.2, 0.25) is 0 Å². The smallest absolute Gasteiger partial charge is 0.343 e. The van der Waals surface area contributed by atoms with Crippen LogP contribution in [0.25, 0.3) is 0 Å². The molecule has 1 aromatic rings. The molecule has 0 aromatic heterocycles. The van der Waals surface area contributed by atoms with Crippen molar-refractivity contribution in [2.24, 2.45) is 5.11 Å². The summed E-state index contributed by atoms with van der Waals surface area (Å²) in [5, 5.41) is 26.1. The third kappa shape index (κ3) is 3.01. The lowest BCUT2D eigenvalue weighted by molar-refractivity contribution is -0.465. The van der Waals surface area contributed by atoms with Crippen molar-refractivity contribution in [1.29, 1.82) is 0 Å². The molecule has 16 heavy (non-hydrogen) atoms. The molecular formula is C10H13N3O3. The average molecular weight is 223 g/mol. The number of nitrogens with zero attached hydrogens (tertiary/aromatic N) is 3. The van der Waals surface area contributed by atoms with Crippen LogP contribution >= 0.6 is 0 Å². The molecule has 0 aliphatic heterocycles. The van der Waals surface area contributed by atoms with Gasteiger partial charge >= 0.3 is 11.4 Å². The molecule has 0 saturated carbocycles. The predicted octanol–water partition coefficient (Wildman–Crippen LogP) is 2.99. The summed E-state index contributed by atoms with van der Waals surface area (Å²) in [6, 6.07) is 5.72. The molecule has 0 radical (unpaired) electrons. The number of hydrogen-bond acceptors (Lipinski definition) is 4. The highest BCUT2D eigenvalue weighted by molar-refractivity contribution is 5.51. The van der Waals surface area contributed by atoms with Crippen LogP contribution in [0.3, 0.4) is 0 Å². The van der Waals surface area contributed by atoms with Gasteiger partial charge in [-0.05, 0) is 30.7 Å². The first-order chi connectivity index (χ1) is 7.31. The Morgan fingerprint density at radius 1 is 1.12 bits per heavy atom. The van der Waals surface area contributed by atoms with Gasteiger partial charge in [0.25, 0.3) is 0 Å². The Kier molecular flexibility index (Phi) is 3.22. The van der Waals surface area contributed by atoms with Gasteiger partial charge in [0.1, 0.15) is 5.54 Å². The number of azo groups is 1. The number of para-hydroxylation sites is 2. The fourth-order valence-electron chi connectivity index (χ4n) is 1.11. The van der Waals surface area contributed by atoms with Gasteiger partial charge in [0.15, 0.2) is 0 Å². The lowest BCUT2D eigenvalue weighted by Gasteiger charge is -2.09. The first-order valence-electron chi connectivity index (χ1n) is 4.75. The van der Waals surface area contributed by atoms with E-state index in [2.05, 4.69) is 5.11 Å². The van der Waals surface area contributed by atoms with E-state index in [1.165, 1.54) is 18.2 Å². The van der Waals surface area contributed by atoms with Gasteiger partial charge in [-0.1, -0.05) is 12.1 Å². The van der Waals surface area contributed by atoms with Crippen LogP contribution in [0.1, 0.15) is 20.8 Å². The van der Waals surface area contributed by atoms with E-state index in [9.17, 15) is 15.3 Å². The van der Waals surface area contributed by atoms with E-state index in [0.717, 1.165) is 0 Å². The van der Waals surface area contributed by atoms with E-state index in [0.29, 0.717) is 4.86 Å². The second-order valence-corrected chi connectivity index (χ2v) is 4.29. The molecule has 0 aliphatic carbocycles. The number of nitro benzene ring substituents is 1. The van der Waals surface area contributed by atoms with Crippen LogP contribution in [0.5, 0.6) is 0 Å². The Morgan fingerprint density at radius 2 is 1.62 bits per heavy atom. The second kappa shape index (κ2) is 4.26. The van der Waals surface area contributed by atoms with Crippen molar-refractivity contribution >= 4 is 11.4 Å². The van der Waals surface area contributed by atoms with Gasteiger partial charge in [-0.15, -0.1) is 0 Å². The summed E-state index contributed by atoms with van der Waals surface area (Å²) >= 11 is 0. The summed E-state index contributed by atoms with van der Waals surface area (Å²) in [6.07, 6.45) is 0. The molecule has 86 valence electrons. The molecule has 1 rings (SSSR count). The molecule has 0 bridgehead atoms. The maximum absolute atomic E-state index is 11.6. The van der Waals surface area contributed by atoms with Crippen molar-refractivity contribution < 1.29 is 9.78 Å². The molecule has 0 amide bonds. The molecule has 0 N–H and O–H groups in total. The van der Waals surface area contributed by atoms with Gasteiger partial charge in [0, 0.05) is 12.1 Å². The summed E-state index contributed by atoms with van der Waals surface area (Å²) in [6.45, 7) is 5.23. The van der Waals surface area contributed by atoms with Gasteiger partial charge in [-0.25, -0.2) is 0 Å². The Balaban J connectivity index is 3.24. The van der Waals surface area contributed by atoms with E-state index in [1.54, 1.807) is 26.8 Å². The summed E-state index contributed by atoms with van der Waals surface area (Å²) in [4.78, 5) is 10.4. The Morgan fingerprint density at radius 3 is 2.06 bits per heavy atom. The number of nitro groups is 1. The topological polar surface area (TPSA) is 81.6 Å². The second-order valence-electron chi connectivity index (χ2n) is 4.29. The molecule has 0 spiro atoms. The highest BCUT2D eigenvalue weighted by atomic mass is 16.6. The van der Waals surface area contributed by atoms with Crippen molar-refractivity contribution in [3.8, 4) is 0 Å². The largest absolute Gasteiger partial charge is 0.594 e. The molecule has 0 heterocycles. The average Bonchev–Trinajstić information content (AvgIpc) is 2.15. The van der Waals surface area contributed by atoms with Crippen molar-refractivity contribution in [3.63, 3.8) is 0 Å². The Hall–Kier alpha value is -1.98.